The first-order valence-corrected chi connectivity index (χ1v) is 9.95. The molecule has 0 radical (unpaired) electrons. The summed E-state index contributed by atoms with van der Waals surface area (Å²) in [6.45, 7) is 2.15. The molecule has 10 heteroatoms. The van der Waals surface area contributed by atoms with Crippen molar-refractivity contribution in [1.29, 1.82) is 0 Å². The zero-order valence-electron chi connectivity index (χ0n) is 17.4. The molecule has 4 aromatic heterocycles. The zero-order valence-corrected chi connectivity index (χ0v) is 17.4. The van der Waals surface area contributed by atoms with Gasteiger partial charge >= 0.3 is 0 Å². The Morgan fingerprint density at radius 2 is 1.61 bits per heavy atom. The molecule has 5 heterocycles. The Balaban J connectivity index is 1.40. The minimum atomic E-state index is -0.875. The Morgan fingerprint density at radius 1 is 0.879 bits per heavy atom. The van der Waals surface area contributed by atoms with Gasteiger partial charge in [0.05, 0.1) is 25.1 Å². The Labute approximate surface area is 187 Å². The standard InChI is InChI=1S/C23H16N6O4/c1-23(13-26-22(33-23)17-7-3-5-15(12-31)28-17)20-10-24-8-18(29-20)19-9-25-21(32-19)16-6-2-4-14(11-30)27-16/h2-12H,13H2,1H3. The third-order valence-electron chi connectivity index (χ3n) is 5.00. The second kappa shape index (κ2) is 8.15. The van der Waals surface area contributed by atoms with Crippen molar-refractivity contribution in [3.63, 3.8) is 0 Å². The fraction of sp³-hybridized carbons (Fsp3) is 0.130. The summed E-state index contributed by atoms with van der Waals surface area (Å²) in [6, 6.07) is 10.0. The molecule has 1 aliphatic rings. The molecule has 0 bridgehead atoms. The lowest BCUT2D eigenvalue weighted by Gasteiger charge is -2.22. The van der Waals surface area contributed by atoms with Crippen molar-refractivity contribution in [2.75, 3.05) is 6.54 Å². The topological polar surface area (TPSA) is 133 Å². The van der Waals surface area contributed by atoms with E-state index >= 15 is 0 Å². The van der Waals surface area contributed by atoms with E-state index in [9.17, 15) is 9.59 Å². The van der Waals surface area contributed by atoms with Crippen LogP contribution in [0.2, 0.25) is 0 Å². The fourth-order valence-corrected chi connectivity index (χ4v) is 3.29. The molecule has 1 unspecified atom stereocenters. The SMILES string of the molecule is CC1(c2cncc(-c3cnc(-c4cccc(C=O)n4)o3)n2)CN=C(c2cccc(C=O)n2)O1. The van der Waals surface area contributed by atoms with Gasteiger partial charge in [-0.05, 0) is 31.2 Å². The molecule has 10 nitrogen and oxygen atoms in total. The van der Waals surface area contributed by atoms with E-state index in [2.05, 4.69) is 29.9 Å². The number of aldehydes is 2. The van der Waals surface area contributed by atoms with Gasteiger partial charge in [-0.1, -0.05) is 12.1 Å². The molecular formula is C23H16N6O4. The third kappa shape index (κ3) is 3.89. The van der Waals surface area contributed by atoms with Gasteiger partial charge in [0.15, 0.2) is 23.9 Å². The van der Waals surface area contributed by atoms with E-state index in [-0.39, 0.29) is 11.6 Å². The number of nitrogens with zero attached hydrogens (tertiary/aromatic N) is 6. The highest BCUT2D eigenvalue weighted by Crippen LogP contribution is 2.32. The molecule has 1 aliphatic heterocycles. The van der Waals surface area contributed by atoms with Crippen LogP contribution in [-0.4, -0.2) is 49.9 Å². The molecule has 4 aromatic rings. The maximum atomic E-state index is 11.0. The maximum Gasteiger partial charge on any atom is 0.245 e. The Morgan fingerprint density at radius 3 is 2.36 bits per heavy atom. The average molecular weight is 440 g/mol. The molecule has 5 rings (SSSR count). The predicted octanol–water partition coefficient (Wildman–Crippen LogP) is 2.91. The second-order valence-corrected chi connectivity index (χ2v) is 7.40. The molecule has 0 aliphatic carbocycles. The van der Waals surface area contributed by atoms with Gasteiger partial charge < -0.3 is 9.15 Å². The lowest BCUT2D eigenvalue weighted by Crippen LogP contribution is -2.28. The maximum absolute atomic E-state index is 11.0. The number of aromatic nitrogens is 5. The van der Waals surface area contributed by atoms with Crippen LogP contribution in [-0.2, 0) is 10.3 Å². The van der Waals surface area contributed by atoms with Gasteiger partial charge in [0, 0.05) is 0 Å². The molecule has 0 amide bonds. The summed E-state index contributed by atoms with van der Waals surface area (Å²) in [5.74, 6) is 0.980. The monoisotopic (exact) mass is 440 g/mol. The fourth-order valence-electron chi connectivity index (χ4n) is 3.29. The van der Waals surface area contributed by atoms with E-state index in [1.54, 1.807) is 48.8 Å². The number of carbonyl (C=O) groups is 2. The van der Waals surface area contributed by atoms with Gasteiger partial charge in [0.1, 0.15) is 34.2 Å². The summed E-state index contributed by atoms with van der Waals surface area (Å²) in [6.07, 6.45) is 6.00. The van der Waals surface area contributed by atoms with Crippen molar-refractivity contribution < 1.29 is 18.7 Å². The number of carbonyl (C=O) groups excluding carboxylic acids is 2. The van der Waals surface area contributed by atoms with Crippen LogP contribution < -0.4 is 0 Å². The number of oxazole rings is 1. The van der Waals surface area contributed by atoms with Crippen LogP contribution in [0.15, 0.2) is 64.4 Å². The summed E-state index contributed by atoms with van der Waals surface area (Å²) in [5.41, 5.74) is 1.61. The Hall–Kier alpha value is -4.60. The Bertz CT molecular complexity index is 1400. The average Bonchev–Trinajstić information content (AvgIpc) is 3.53. The van der Waals surface area contributed by atoms with Crippen molar-refractivity contribution in [3.05, 3.63) is 77.8 Å². The van der Waals surface area contributed by atoms with E-state index < -0.39 is 5.60 Å². The summed E-state index contributed by atoms with van der Waals surface area (Å²) < 4.78 is 11.9. The van der Waals surface area contributed by atoms with Gasteiger partial charge in [-0.15, -0.1) is 0 Å². The number of pyridine rings is 2. The highest BCUT2D eigenvalue weighted by Gasteiger charge is 2.38. The first-order chi connectivity index (χ1) is 16.1. The quantitative estimate of drug-likeness (QED) is 0.415. The number of aliphatic imine (C=N–C) groups is 1. The van der Waals surface area contributed by atoms with E-state index in [4.69, 9.17) is 9.15 Å². The molecule has 0 aromatic carbocycles. The van der Waals surface area contributed by atoms with Gasteiger partial charge in [-0.3, -0.25) is 14.6 Å². The van der Waals surface area contributed by atoms with Crippen LogP contribution >= 0.6 is 0 Å². The first-order valence-electron chi connectivity index (χ1n) is 9.95. The van der Waals surface area contributed by atoms with Crippen LogP contribution in [0.1, 0.15) is 39.3 Å². The number of rotatable bonds is 6. The lowest BCUT2D eigenvalue weighted by atomic mass is 10.0. The number of hydrogen-bond acceptors (Lipinski definition) is 10. The van der Waals surface area contributed by atoms with Crippen LogP contribution in [0.3, 0.4) is 0 Å². The molecule has 33 heavy (non-hydrogen) atoms. The summed E-state index contributed by atoms with van der Waals surface area (Å²) >= 11 is 0. The van der Waals surface area contributed by atoms with Crippen molar-refractivity contribution in [3.8, 4) is 23.0 Å². The number of hydrogen-bond donors (Lipinski definition) is 0. The molecule has 0 fully saturated rings. The van der Waals surface area contributed by atoms with Crippen LogP contribution in [0.25, 0.3) is 23.0 Å². The molecular weight excluding hydrogens is 424 g/mol. The summed E-state index contributed by atoms with van der Waals surface area (Å²) in [7, 11) is 0. The van der Waals surface area contributed by atoms with Crippen LogP contribution in [0.5, 0.6) is 0 Å². The lowest BCUT2D eigenvalue weighted by molar-refractivity contribution is 0.103. The van der Waals surface area contributed by atoms with E-state index in [0.29, 0.717) is 59.2 Å². The zero-order chi connectivity index (χ0) is 22.8. The van der Waals surface area contributed by atoms with Gasteiger partial charge in [-0.2, -0.15) is 0 Å². The highest BCUT2D eigenvalue weighted by atomic mass is 16.5. The molecule has 0 spiro atoms. The highest BCUT2D eigenvalue weighted by molar-refractivity contribution is 5.94. The summed E-state index contributed by atoms with van der Waals surface area (Å²) in [5, 5.41) is 0. The number of ether oxygens (including phenoxy) is 1. The van der Waals surface area contributed by atoms with Gasteiger partial charge in [-0.25, -0.2) is 24.9 Å². The van der Waals surface area contributed by atoms with Gasteiger partial charge in [0.2, 0.25) is 11.8 Å². The molecule has 1 atom stereocenters. The third-order valence-corrected chi connectivity index (χ3v) is 5.00. The normalized spacial score (nSPS) is 17.3. The van der Waals surface area contributed by atoms with Crippen molar-refractivity contribution in [1.82, 2.24) is 24.9 Å². The predicted molar refractivity (Wildman–Crippen MR) is 116 cm³/mol. The van der Waals surface area contributed by atoms with Gasteiger partial charge in [0.25, 0.3) is 0 Å². The smallest absolute Gasteiger partial charge is 0.245 e. The largest absolute Gasteiger partial charge is 0.461 e. The minimum absolute atomic E-state index is 0.260. The van der Waals surface area contributed by atoms with E-state index in [1.807, 2.05) is 6.92 Å². The summed E-state index contributed by atoms with van der Waals surface area (Å²) in [4.78, 5) is 48.1. The van der Waals surface area contributed by atoms with Crippen molar-refractivity contribution in [2.24, 2.45) is 4.99 Å². The molecule has 0 N–H and O–H groups in total. The molecule has 0 saturated heterocycles. The van der Waals surface area contributed by atoms with Crippen LogP contribution in [0.4, 0.5) is 0 Å². The van der Waals surface area contributed by atoms with E-state index in [1.165, 1.54) is 6.20 Å². The molecule has 162 valence electrons. The van der Waals surface area contributed by atoms with Crippen molar-refractivity contribution >= 4 is 18.5 Å². The Kier molecular flexibility index (Phi) is 5.02. The van der Waals surface area contributed by atoms with E-state index in [0.717, 1.165) is 0 Å². The van der Waals surface area contributed by atoms with Crippen LogP contribution in [0, 0.1) is 0 Å². The first kappa shape index (κ1) is 20.3. The minimum Gasteiger partial charge on any atom is -0.461 e. The second-order valence-electron chi connectivity index (χ2n) is 7.40. The molecule has 0 saturated carbocycles. The van der Waals surface area contributed by atoms with Crippen molar-refractivity contribution in [2.45, 2.75) is 12.5 Å².